The fourth-order valence-electron chi connectivity index (χ4n) is 3.85. The lowest BCUT2D eigenvalue weighted by Gasteiger charge is -2.24. The smallest absolute Gasteiger partial charge is 0.254 e. The van der Waals surface area contributed by atoms with Crippen LogP contribution in [0.5, 0.6) is 0 Å². The van der Waals surface area contributed by atoms with Crippen LogP contribution in [0.2, 0.25) is 0 Å². The van der Waals surface area contributed by atoms with E-state index >= 15 is 0 Å². The van der Waals surface area contributed by atoms with Gasteiger partial charge in [-0.3, -0.25) is 9.59 Å². The number of aromatic nitrogens is 3. The van der Waals surface area contributed by atoms with Gasteiger partial charge in [-0.05, 0) is 55.7 Å². The van der Waals surface area contributed by atoms with Crippen molar-refractivity contribution < 1.29 is 14.0 Å². The Balaban J connectivity index is 1.42. The molecule has 0 aliphatic carbocycles. The molecule has 1 unspecified atom stereocenters. The van der Waals surface area contributed by atoms with E-state index in [2.05, 4.69) is 15.5 Å². The minimum Gasteiger partial charge on any atom is -0.328 e. The lowest BCUT2D eigenvalue weighted by molar-refractivity contribution is -0.113. The fraction of sp³-hybridized carbons (Fsp3) is 0.304. The topological polar surface area (TPSA) is 80.1 Å². The molecule has 1 N–H and O–H groups in total. The Morgan fingerprint density at radius 2 is 1.91 bits per heavy atom. The molecule has 2 aromatic carbocycles. The van der Waals surface area contributed by atoms with Gasteiger partial charge in [0.2, 0.25) is 5.91 Å². The van der Waals surface area contributed by atoms with Gasteiger partial charge in [-0.25, -0.2) is 4.39 Å². The highest BCUT2D eigenvalue weighted by atomic mass is 32.2. The highest BCUT2D eigenvalue weighted by Gasteiger charge is 2.34. The first kappa shape index (κ1) is 22.0. The molecule has 4 rings (SSSR count). The van der Waals surface area contributed by atoms with Gasteiger partial charge in [-0.1, -0.05) is 30.0 Å². The monoisotopic (exact) mass is 453 g/mol. The van der Waals surface area contributed by atoms with E-state index in [0.29, 0.717) is 28.8 Å². The third-order valence-electron chi connectivity index (χ3n) is 5.52. The van der Waals surface area contributed by atoms with Crippen LogP contribution in [0.3, 0.4) is 0 Å². The standard InChI is InChI=1S/C23H24FN5O2S/c1-15-6-3-4-7-18(15)22(31)29-13-5-8-19(29)21-26-27-23(28(21)2)32-14-20(30)25-17-11-9-16(24)10-12-17/h3-4,6-7,9-12,19H,5,8,13-14H2,1-2H3,(H,25,30). The minimum atomic E-state index is -0.356. The first-order chi connectivity index (χ1) is 15.4. The van der Waals surface area contributed by atoms with Crippen LogP contribution in [0.15, 0.2) is 53.7 Å². The van der Waals surface area contributed by atoms with Crippen LogP contribution >= 0.6 is 11.8 Å². The predicted octanol–water partition coefficient (Wildman–Crippen LogP) is 3.97. The van der Waals surface area contributed by atoms with Gasteiger partial charge in [-0.2, -0.15) is 0 Å². The predicted molar refractivity (Wildman–Crippen MR) is 121 cm³/mol. The Morgan fingerprint density at radius 1 is 1.16 bits per heavy atom. The number of halogens is 1. The first-order valence-electron chi connectivity index (χ1n) is 10.4. The maximum Gasteiger partial charge on any atom is 0.254 e. The molecule has 9 heteroatoms. The molecule has 166 valence electrons. The molecule has 7 nitrogen and oxygen atoms in total. The number of hydrogen-bond donors (Lipinski definition) is 1. The Morgan fingerprint density at radius 3 is 2.66 bits per heavy atom. The molecule has 3 aromatic rings. The van der Waals surface area contributed by atoms with Crippen molar-refractivity contribution >= 4 is 29.3 Å². The van der Waals surface area contributed by atoms with Crippen LogP contribution in [0.25, 0.3) is 0 Å². The summed E-state index contributed by atoms with van der Waals surface area (Å²) in [7, 11) is 1.85. The maximum absolute atomic E-state index is 13.2. The zero-order valence-electron chi connectivity index (χ0n) is 17.9. The van der Waals surface area contributed by atoms with Gasteiger partial charge in [-0.15, -0.1) is 10.2 Å². The number of amides is 2. The molecular weight excluding hydrogens is 429 g/mol. The number of hydrogen-bond acceptors (Lipinski definition) is 5. The second kappa shape index (κ2) is 9.52. The second-order valence-electron chi connectivity index (χ2n) is 7.72. The summed E-state index contributed by atoms with van der Waals surface area (Å²) in [5.41, 5.74) is 2.19. The molecule has 1 aromatic heterocycles. The highest BCUT2D eigenvalue weighted by molar-refractivity contribution is 7.99. The van der Waals surface area contributed by atoms with Crippen LogP contribution in [0.4, 0.5) is 10.1 Å². The first-order valence-corrected chi connectivity index (χ1v) is 11.4. The van der Waals surface area contributed by atoms with Gasteiger partial charge in [0.1, 0.15) is 5.82 Å². The third kappa shape index (κ3) is 4.67. The molecule has 32 heavy (non-hydrogen) atoms. The SMILES string of the molecule is Cc1ccccc1C(=O)N1CCCC1c1nnc(SCC(=O)Nc2ccc(F)cc2)n1C. The minimum absolute atomic E-state index is 0.00137. The molecule has 1 saturated heterocycles. The van der Waals surface area contributed by atoms with Crippen LogP contribution in [-0.2, 0) is 11.8 Å². The van der Waals surface area contributed by atoms with E-state index in [0.717, 1.165) is 18.4 Å². The second-order valence-corrected chi connectivity index (χ2v) is 8.66. The summed E-state index contributed by atoms with van der Waals surface area (Å²) in [6.07, 6.45) is 1.72. The van der Waals surface area contributed by atoms with Gasteiger partial charge in [0.25, 0.3) is 5.91 Å². The van der Waals surface area contributed by atoms with Gasteiger partial charge < -0.3 is 14.8 Å². The third-order valence-corrected chi connectivity index (χ3v) is 6.54. The van der Waals surface area contributed by atoms with Crippen molar-refractivity contribution in [2.24, 2.45) is 7.05 Å². The molecule has 1 fully saturated rings. The molecule has 0 saturated carbocycles. The number of thioether (sulfide) groups is 1. The average molecular weight is 454 g/mol. The summed E-state index contributed by atoms with van der Waals surface area (Å²) < 4.78 is 14.9. The molecule has 1 aliphatic rings. The van der Waals surface area contributed by atoms with Crippen molar-refractivity contribution in [3.8, 4) is 0 Å². The summed E-state index contributed by atoms with van der Waals surface area (Å²) >= 11 is 1.27. The van der Waals surface area contributed by atoms with E-state index in [1.54, 1.807) is 0 Å². The van der Waals surface area contributed by atoms with Crippen molar-refractivity contribution in [2.45, 2.75) is 31.0 Å². The van der Waals surface area contributed by atoms with Crippen LogP contribution in [0, 0.1) is 12.7 Å². The van der Waals surface area contributed by atoms with Crippen molar-refractivity contribution in [1.29, 1.82) is 0 Å². The molecule has 2 amide bonds. The van der Waals surface area contributed by atoms with Crippen molar-refractivity contribution in [1.82, 2.24) is 19.7 Å². The number of nitrogens with one attached hydrogen (secondary N) is 1. The van der Waals surface area contributed by atoms with Crippen molar-refractivity contribution in [3.63, 3.8) is 0 Å². The van der Waals surface area contributed by atoms with E-state index < -0.39 is 0 Å². The molecule has 1 aliphatic heterocycles. The molecular formula is C23H24FN5O2S. The average Bonchev–Trinajstić information content (AvgIpc) is 3.40. The lowest BCUT2D eigenvalue weighted by atomic mass is 10.1. The van der Waals surface area contributed by atoms with Gasteiger partial charge in [0.05, 0.1) is 11.8 Å². The maximum atomic E-state index is 13.2. The van der Waals surface area contributed by atoms with E-state index in [4.69, 9.17) is 0 Å². The number of nitrogens with zero attached hydrogens (tertiary/aromatic N) is 4. The Hall–Kier alpha value is -3.20. The van der Waals surface area contributed by atoms with Crippen LogP contribution in [0.1, 0.15) is 40.6 Å². The van der Waals surface area contributed by atoms with Crippen LogP contribution < -0.4 is 5.32 Å². The highest BCUT2D eigenvalue weighted by Crippen LogP contribution is 2.33. The fourth-order valence-corrected chi connectivity index (χ4v) is 4.57. The van der Waals surface area contributed by atoms with E-state index in [1.165, 1.54) is 36.0 Å². The summed E-state index contributed by atoms with van der Waals surface area (Å²) in [5.74, 6) is 0.279. The van der Waals surface area contributed by atoms with E-state index in [9.17, 15) is 14.0 Å². The molecule has 0 radical (unpaired) electrons. The number of likely N-dealkylation sites (tertiary alicyclic amines) is 1. The van der Waals surface area contributed by atoms with Crippen LogP contribution in [-0.4, -0.2) is 43.8 Å². The molecule has 0 bridgehead atoms. The summed E-state index contributed by atoms with van der Waals surface area (Å²) in [5, 5.41) is 11.9. The Labute approximate surface area is 190 Å². The summed E-state index contributed by atoms with van der Waals surface area (Å²) in [6.45, 7) is 2.61. The quantitative estimate of drug-likeness (QED) is 0.572. The number of benzene rings is 2. The number of rotatable bonds is 6. The van der Waals surface area contributed by atoms with E-state index in [-0.39, 0.29) is 29.4 Å². The number of anilines is 1. The molecule has 1 atom stereocenters. The zero-order chi connectivity index (χ0) is 22.7. The van der Waals surface area contributed by atoms with E-state index in [1.807, 2.05) is 47.7 Å². The number of aryl methyl sites for hydroxylation is 1. The number of carbonyl (C=O) groups excluding carboxylic acids is 2. The molecule has 0 spiro atoms. The van der Waals surface area contributed by atoms with Gasteiger partial charge in [0.15, 0.2) is 11.0 Å². The van der Waals surface area contributed by atoms with Crippen molar-refractivity contribution in [3.05, 3.63) is 71.3 Å². The number of carbonyl (C=O) groups is 2. The largest absolute Gasteiger partial charge is 0.328 e. The van der Waals surface area contributed by atoms with Crippen molar-refractivity contribution in [2.75, 3.05) is 17.6 Å². The normalized spacial score (nSPS) is 15.7. The summed E-state index contributed by atoms with van der Waals surface area (Å²) in [4.78, 5) is 27.3. The molecule has 2 heterocycles. The van der Waals surface area contributed by atoms with Gasteiger partial charge in [0, 0.05) is 24.8 Å². The summed E-state index contributed by atoms with van der Waals surface area (Å²) in [6, 6.07) is 13.0. The zero-order valence-corrected chi connectivity index (χ0v) is 18.7. The Bertz CT molecular complexity index is 1130. The lowest BCUT2D eigenvalue weighted by Crippen LogP contribution is -2.32. The Kier molecular flexibility index (Phi) is 6.55. The van der Waals surface area contributed by atoms with Gasteiger partial charge >= 0.3 is 0 Å².